The molecule has 0 radical (unpaired) electrons. The Balaban J connectivity index is 1.66. The number of nitrogens with one attached hydrogen (secondary N) is 1. The second-order valence-electron chi connectivity index (χ2n) is 7.55. The van der Waals surface area contributed by atoms with Crippen LogP contribution in [0.5, 0.6) is 0 Å². The first-order chi connectivity index (χ1) is 13.7. The average molecular weight is 425 g/mol. The lowest BCUT2D eigenvalue weighted by atomic mass is 9.92. The standard InChI is InChI=1S/C22H24ClF3N2O/c1-14-5-3-8-19(28(14)2)16-11-9-15(10-12-16)13-27-21(29)17-6-4-7-18(20(17)23)22(24,25)26/h4,6-7,9-12,14,19H,3,5,8,13H2,1-2H3,(H,27,29). The lowest BCUT2D eigenvalue weighted by Gasteiger charge is -2.38. The van der Waals surface area contributed by atoms with Gasteiger partial charge in [0.2, 0.25) is 0 Å². The van der Waals surface area contributed by atoms with Gasteiger partial charge in [0.05, 0.1) is 16.1 Å². The molecule has 1 heterocycles. The van der Waals surface area contributed by atoms with Gasteiger partial charge in [0.1, 0.15) is 0 Å². The Hall–Kier alpha value is -2.05. The monoisotopic (exact) mass is 424 g/mol. The van der Waals surface area contributed by atoms with Crippen LogP contribution in [-0.2, 0) is 12.7 Å². The minimum absolute atomic E-state index is 0.184. The van der Waals surface area contributed by atoms with Crippen LogP contribution in [0.4, 0.5) is 13.2 Å². The van der Waals surface area contributed by atoms with Gasteiger partial charge in [-0.15, -0.1) is 0 Å². The normalized spacial score (nSPS) is 20.5. The lowest BCUT2D eigenvalue weighted by molar-refractivity contribution is -0.137. The van der Waals surface area contributed by atoms with Crippen molar-refractivity contribution < 1.29 is 18.0 Å². The molecule has 0 bridgehead atoms. The third-order valence-electron chi connectivity index (χ3n) is 5.65. The van der Waals surface area contributed by atoms with E-state index in [4.69, 9.17) is 11.6 Å². The summed E-state index contributed by atoms with van der Waals surface area (Å²) >= 11 is 5.82. The Kier molecular flexibility index (Phi) is 6.54. The summed E-state index contributed by atoms with van der Waals surface area (Å²) in [7, 11) is 2.14. The molecule has 3 rings (SSSR count). The zero-order valence-electron chi connectivity index (χ0n) is 16.4. The number of nitrogens with zero attached hydrogens (tertiary/aromatic N) is 1. The number of hydrogen-bond acceptors (Lipinski definition) is 2. The molecule has 0 saturated carbocycles. The Morgan fingerprint density at radius 1 is 1.17 bits per heavy atom. The summed E-state index contributed by atoms with van der Waals surface area (Å²) in [5.74, 6) is -0.633. The minimum Gasteiger partial charge on any atom is -0.348 e. The Labute approximate surface area is 173 Å². The topological polar surface area (TPSA) is 32.3 Å². The molecule has 2 unspecified atom stereocenters. The predicted octanol–water partition coefficient (Wildman–Crippen LogP) is 5.83. The second kappa shape index (κ2) is 8.76. The maximum absolute atomic E-state index is 13.0. The smallest absolute Gasteiger partial charge is 0.348 e. The molecule has 0 aromatic heterocycles. The molecule has 1 fully saturated rings. The van der Waals surface area contributed by atoms with Gasteiger partial charge in [-0.05, 0) is 50.1 Å². The van der Waals surface area contributed by atoms with E-state index in [0.717, 1.165) is 18.1 Å². The highest BCUT2D eigenvalue weighted by atomic mass is 35.5. The van der Waals surface area contributed by atoms with Crippen LogP contribution in [0.25, 0.3) is 0 Å². The van der Waals surface area contributed by atoms with E-state index in [2.05, 4.69) is 36.3 Å². The van der Waals surface area contributed by atoms with Crippen molar-refractivity contribution in [1.29, 1.82) is 0 Å². The molecular weight excluding hydrogens is 401 g/mol. The average Bonchev–Trinajstić information content (AvgIpc) is 2.68. The zero-order valence-corrected chi connectivity index (χ0v) is 17.1. The maximum Gasteiger partial charge on any atom is 0.417 e. The van der Waals surface area contributed by atoms with Crippen LogP contribution in [0, 0.1) is 0 Å². The summed E-state index contributed by atoms with van der Waals surface area (Å²) in [4.78, 5) is 14.7. The number of likely N-dealkylation sites (tertiary alicyclic amines) is 1. The highest BCUT2D eigenvalue weighted by molar-refractivity contribution is 6.34. The van der Waals surface area contributed by atoms with E-state index in [-0.39, 0.29) is 12.1 Å². The second-order valence-corrected chi connectivity index (χ2v) is 7.93. The molecule has 156 valence electrons. The number of hydrogen-bond donors (Lipinski definition) is 1. The predicted molar refractivity (Wildman–Crippen MR) is 108 cm³/mol. The Morgan fingerprint density at radius 3 is 2.52 bits per heavy atom. The molecule has 2 atom stereocenters. The van der Waals surface area contributed by atoms with Gasteiger partial charge in [-0.3, -0.25) is 9.69 Å². The van der Waals surface area contributed by atoms with Crippen molar-refractivity contribution in [2.75, 3.05) is 7.05 Å². The van der Waals surface area contributed by atoms with E-state index in [1.54, 1.807) is 0 Å². The molecule has 1 amide bonds. The van der Waals surface area contributed by atoms with Crippen LogP contribution < -0.4 is 5.32 Å². The molecule has 3 nitrogen and oxygen atoms in total. The van der Waals surface area contributed by atoms with Crippen molar-refractivity contribution in [3.8, 4) is 0 Å². The summed E-state index contributed by atoms with van der Waals surface area (Å²) < 4.78 is 38.9. The van der Waals surface area contributed by atoms with Crippen LogP contribution in [0.1, 0.15) is 59.3 Å². The van der Waals surface area contributed by atoms with E-state index in [1.165, 1.54) is 30.5 Å². The van der Waals surface area contributed by atoms with Gasteiger partial charge in [0.15, 0.2) is 0 Å². The van der Waals surface area contributed by atoms with Crippen molar-refractivity contribution in [3.05, 3.63) is 69.7 Å². The molecule has 29 heavy (non-hydrogen) atoms. The minimum atomic E-state index is -4.60. The van der Waals surface area contributed by atoms with Crippen LogP contribution in [0.3, 0.4) is 0 Å². The first kappa shape index (κ1) is 21.7. The third-order valence-corrected chi connectivity index (χ3v) is 6.06. The van der Waals surface area contributed by atoms with E-state index >= 15 is 0 Å². The summed E-state index contributed by atoms with van der Waals surface area (Å²) in [6.07, 6.45) is -1.08. The number of alkyl halides is 3. The molecular formula is C22H24ClF3N2O. The molecule has 1 saturated heterocycles. The van der Waals surface area contributed by atoms with Gasteiger partial charge in [-0.2, -0.15) is 13.2 Å². The van der Waals surface area contributed by atoms with Gasteiger partial charge in [-0.1, -0.05) is 48.4 Å². The molecule has 1 N–H and O–H groups in total. The fourth-order valence-corrected chi connectivity index (χ4v) is 4.10. The lowest BCUT2D eigenvalue weighted by Crippen LogP contribution is -2.36. The fourth-order valence-electron chi connectivity index (χ4n) is 3.78. The SMILES string of the molecule is CC1CCCC(c2ccc(CNC(=O)c3cccc(C(F)(F)F)c3Cl)cc2)N1C. The summed E-state index contributed by atoms with van der Waals surface area (Å²) in [6, 6.07) is 12.2. The van der Waals surface area contributed by atoms with Crippen LogP contribution in [0.15, 0.2) is 42.5 Å². The molecule has 0 spiro atoms. The van der Waals surface area contributed by atoms with Crippen molar-refractivity contribution in [3.63, 3.8) is 0 Å². The number of carbonyl (C=O) groups is 1. The first-order valence-corrected chi connectivity index (χ1v) is 10.0. The van der Waals surface area contributed by atoms with Crippen LogP contribution in [-0.4, -0.2) is 23.9 Å². The van der Waals surface area contributed by atoms with Gasteiger partial charge >= 0.3 is 6.18 Å². The molecule has 1 aliphatic heterocycles. The summed E-state index contributed by atoms with van der Waals surface area (Å²) in [6.45, 7) is 2.44. The van der Waals surface area contributed by atoms with E-state index in [1.807, 2.05) is 12.1 Å². The highest BCUT2D eigenvalue weighted by Crippen LogP contribution is 2.36. The quantitative estimate of drug-likeness (QED) is 0.669. The number of halogens is 4. The molecule has 2 aromatic carbocycles. The van der Waals surface area contributed by atoms with E-state index < -0.39 is 22.7 Å². The molecule has 7 heteroatoms. The highest BCUT2D eigenvalue weighted by Gasteiger charge is 2.34. The van der Waals surface area contributed by atoms with Crippen LogP contribution >= 0.6 is 11.6 Å². The number of piperidine rings is 1. The number of carbonyl (C=O) groups excluding carboxylic acids is 1. The Morgan fingerprint density at radius 2 is 1.86 bits per heavy atom. The Bertz CT molecular complexity index is 867. The maximum atomic E-state index is 13.0. The van der Waals surface area contributed by atoms with Crippen molar-refractivity contribution in [2.45, 2.75) is 51.0 Å². The molecule has 1 aliphatic rings. The van der Waals surface area contributed by atoms with Crippen molar-refractivity contribution in [2.24, 2.45) is 0 Å². The number of amides is 1. The van der Waals surface area contributed by atoms with E-state index in [0.29, 0.717) is 12.1 Å². The molecule has 0 aliphatic carbocycles. The van der Waals surface area contributed by atoms with Crippen molar-refractivity contribution >= 4 is 17.5 Å². The van der Waals surface area contributed by atoms with E-state index in [9.17, 15) is 18.0 Å². The van der Waals surface area contributed by atoms with Gasteiger partial charge in [-0.25, -0.2) is 0 Å². The van der Waals surface area contributed by atoms with Crippen molar-refractivity contribution in [1.82, 2.24) is 10.2 Å². The van der Waals surface area contributed by atoms with Gasteiger partial charge in [0.25, 0.3) is 5.91 Å². The third kappa shape index (κ3) is 4.93. The number of rotatable bonds is 4. The van der Waals surface area contributed by atoms with Gasteiger partial charge < -0.3 is 5.32 Å². The number of benzene rings is 2. The molecule has 2 aromatic rings. The largest absolute Gasteiger partial charge is 0.417 e. The van der Waals surface area contributed by atoms with Gasteiger partial charge in [0, 0.05) is 18.6 Å². The zero-order chi connectivity index (χ0) is 21.2. The fraction of sp³-hybridized carbons (Fsp3) is 0.409. The summed E-state index contributed by atoms with van der Waals surface area (Å²) in [5.41, 5.74) is 0.907. The summed E-state index contributed by atoms with van der Waals surface area (Å²) in [5, 5.41) is 2.07. The van der Waals surface area contributed by atoms with Crippen LogP contribution in [0.2, 0.25) is 5.02 Å². The first-order valence-electron chi connectivity index (χ1n) is 9.63.